The van der Waals surface area contributed by atoms with E-state index in [4.69, 9.17) is 11.5 Å². The molecule has 0 aliphatic heterocycles. The van der Waals surface area contributed by atoms with E-state index in [0.717, 1.165) is 0 Å². The lowest BCUT2D eigenvalue weighted by Gasteiger charge is -2.38. The highest BCUT2D eigenvalue weighted by Gasteiger charge is 2.76. The Hall–Kier alpha value is -3.60. The molecule has 0 atom stereocenters. The van der Waals surface area contributed by atoms with Gasteiger partial charge in [0.2, 0.25) is 0 Å². The molecule has 3 aromatic rings. The summed E-state index contributed by atoms with van der Waals surface area (Å²) in [7, 11) is 0. The number of rotatable bonds is 3. The number of aliphatic hydroxyl groups is 3. The van der Waals surface area contributed by atoms with Gasteiger partial charge in [-0.15, -0.1) is 0 Å². The lowest BCUT2D eigenvalue weighted by molar-refractivity contribution is -0.377. The van der Waals surface area contributed by atoms with Gasteiger partial charge in [-0.05, 0) is 40.4 Å². The highest BCUT2D eigenvalue weighted by Crippen LogP contribution is 2.59. The summed E-state index contributed by atoms with van der Waals surface area (Å²) in [6.45, 7) is 0. The van der Waals surface area contributed by atoms with Gasteiger partial charge in [0.05, 0.1) is 0 Å². The summed E-state index contributed by atoms with van der Waals surface area (Å²) in [6.07, 6.45) is -41.9. The summed E-state index contributed by atoms with van der Waals surface area (Å²) >= 11 is 0. The Bertz CT molecular complexity index is 1640. The second kappa shape index (κ2) is 9.95. The van der Waals surface area contributed by atoms with E-state index in [-0.39, 0.29) is 24.3 Å². The maximum Gasteiger partial charge on any atom is 0.430 e. The van der Waals surface area contributed by atoms with Crippen molar-refractivity contribution in [1.82, 2.24) is 0 Å². The van der Waals surface area contributed by atoms with Crippen molar-refractivity contribution in [3.05, 3.63) is 47.0 Å². The number of hydrogen-bond donors (Lipinski definition) is 5. The average Bonchev–Trinajstić information content (AvgIpc) is 2.82. The highest BCUT2D eigenvalue weighted by molar-refractivity contribution is 6.07. The van der Waals surface area contributed by atoms with E-state index in [0.29, 0.717) is 0 Å². The maximum absolute atomic E-state index is 13.9. The summed E-state index contributed by atoms with van der Waals surface area (Å²) in [5, 5.41) is 22.7. The topological polar surface area (TPSA) is 113 Å². The van der Waals surface area contributed by atoms with Crippen LogP contribution >= 0.6 is 0 Å². The molecule has 0 saturated heterocycles. The molecule has 0 aliphatic rings. The van der Waals surface area contributed by atoms with Crippen LogP contribution in [0.2, 0.25) is 0 Å². The molecule has 0 saturated carbocycles. The quantitative estimate of drug-likeness (QED) is 0.114. The number of fused-ring (bicyclic) bond motifs is 2. The van der Waals surface area contributed by atoms with Gasteiger partial charge in [-0.1, -0.05) is 6.07 Å². The zero-order valence-electron chi connectivity index (χ0n) is 21.2. The average molecular weight is 706 g/mol. The monoisotopic (exact) mass is 706 g/mol. The van der Waals surface area contributed by atoms with Crippen molar-refractivity contribution in [3.8, 4) is 0 Å². The van der Waals surface area contributed by atoms with Gasteiger partial charge < -0.3 is 26.8 Å². The Morgan fingerprint density at radius 1 is 0.413 bits per heavy atom. The molecule has 7 N–H and O–H groups in total. The Morgan fingerprint density at radius 2 is 0.783 bits per heavy atom. The Kier molecular flexibility index (Phi) is 7.98. The molecule has 5 nitrogen and oxygen atoms in total. The zero-order chi connectivity index (χ0) is 36.2. The maximum atomic E-state index is 13.9. The summed E-state index contributed by atoms with van der Waals surface area (Å²) in [4.78, 5) is 0. The first-order valence-corrected chi connectivity index (χ1v) is 11.3. The Labute approximate surface area is 240 Å². The van der Waals surface area contributed by atoms with Gasteiger partial charge in [-0.25, -0.2) is 0 Å². The number of nitrogens with two attached hydrogens (primary N) is 2. The number of alkyl halides is 18. The van der Waals surface area contributed by atoms with Crippen LogP contribution in [-0.4, -0.2) is 52.4 Å². The third-order valence-corrected chi connectivity index (χ3v) is 6.95. The van der Waals surface area contributed by atoms with Crippen LogP contribution < -0.4 is 11.5 Å². The molecular formula is C23H12F18N2O3. The number of nitrogen functional groups attached to an aromatic ring is 2. The summed E-state index contributed by atoms with van der Waals surface area (Å²) in [5.74, 6) is 0. The fourth-order valence-electron chi connectivity index (χ4n) is 4.66. The van der Waals surface area contributed by atoms with Gasteiger partial charge in [0.15, 0.2) is 0 Å². The lowest BCUT2D eigenvalue weighted by atomic mass is 9.79. The molecule has 0 spiro atoms. The van der Waals surface area contributed by atoms with Crippen LogP contribution in [0.25, 0.3) is 21.5 Å². The first kappa shape index (κ1) is 36.9. The fourth-order valence-corrected chi connectivity index (χ4v) is 4.66. The van der Waals surface area contributed by atoms with E-state index in [1.54, 1.807) is 0 Å². The minimum absolute atomic E-state index is 0.134. The van der Waals surface area contributed by atoms with Crippen LogP contribution in [0.15, 0.2) is 30.3 Å². The molecule has 3 rings (SSSR count). The molecule has 0 radical (unpaired) electrons. The molecule has 0 heterocycles. The van der Waals surface area contributed by atoms with Crippen molar-refractivity contribution in [1.29, 1.82) is 0 Å². The van der Waals surface area contributed by atoms with Crippen LogP contribution in [0.4, 0.5) is 90.4 Å². The van der Waals surface area contributed by atoms with Crippen LogP contribution in [-0.2, 0) is 16.8 Å². The van der Waals surface area contributed by atoms with Gasteiger partial charge in [0.1, 0.15) is 0 Å². The van der Waals surface area contributed by atoms with E-state index in [1.807, 2.05) is 0 Å². The van der Waals surface area contributed by atoms with Crippen LogP contribution in [0.5, 0.6) is 0 Å². The normalized spacial score (nSPS) is 15.2. The minimum Gasteiger partial charge on any atom is -0.398 e. The third kappa shape index (κ3) is 4.88. The van der Waals surface area contributed by atoms with E-state index in [2.05, 4.69) is 0 Å². The highest BCUT2D eigenvalue weighted by atomic mass is 19.4. The number of benzene rings is 3. The fraction of sp³-hybridized carbons (Fsp3) is 0.391. The SMILES string of the molecule is Nc1c(C(O)(C(F)(F)F)C(F)(F)F)cc2cc3c(C(O)(C(F)(F)F)C(F)(F)F)ccc(N)c3cc2c1C(O)(C(F)(F)F)C(F)(F)F. The first-order chi connectivity index (χ1) is 20.1. The molecule has 46 heavy (non-hydrogen) atoms. The largest absolute Gasteiger partial charge is 0.430 e. The van der Waals surface area contributed by atoms with Crippen molar-refractivity contribution in [2.45, 2.75) is 53.9 Å². The zero-order valence-corrected chi connectivity index (χ0v) is 21.2. The molecule has 23 heteroatoms. The second-order valence-electron chi connectivity index (χ2n) is 9.65. The van der Waals surface area contributed by atoms with Gasteiger partial charge >= 0.3 is 37.1 Å². The molecular weight excluding hydrogens is 694 g/mol. The summed E-state index contributed by atoms with van der Waals surface area (Å²) in [6, 6.07) is -1.43. The van der Waals surface area contributed by atoms with E-state index in [1.165, 1.54) is 0 Å². The predicted octanol–water partition coefficient (Wildman–Crippen LogP) is 7.09. The molecule has 0 amide bonds. The smallest absolute Gasteiger partial charge is 0.398 e. The number of halogens is 18. The Balaban J connectivity index is 2.86. The van der Waals surface area contributed by atoms with Gasteiger partial charge in [0, 0.05) is 33.5 Å². The van der Waals surface area contributed by atoms with E-state index in [9.17, 15) is 94.3 Å². The molecule has 0 aromatic heterocycles. The molecule has 0 unspecified atom stereocenters. The van der Waals surface area contributed by atoms with Crippen molar-refractivity contribution >= 4 is 32.9 Å². The number of hydrogen-bond acceptors (Lipinski definition) is 5. The molecule has 0 fully saturated rings. The minimum atomic E-state index is -7.13. The van der Waals surface area contributed by atoms with Gasteiger partial charge in [-0.2, -0.15) is 79.0 Å². The molecule has 3 aromatic carbocycles. The Morgan fingerprint density at radius 3 is 1.15 bits per heavy atom. The summed E-state index contributed by atoms with van der Waals surface area (Å²) < 4.78 is 248. The second-order valence-corrected chi connectivity index (χ2v) is 9.65. The van der Waals surface area contributed by atoms with E-state index >= 15 is 0 Å². The summed E-state index contributed by atoms with van der Waals surface area (Å²) in [5.41, 5.74) is -21.0. The molecule has 0 bridgehead atoms. The first-order valence-electron chi connectivity index (χ1n) is 11.3. The predicted molar refractivity (Wildman–Crippen MR) is 118 cm³/mol. The van der Waals surface area contributed by atoms with Crippen molar-refractivity contribution < 1.29 is 94.3 Å². The van der Waals surface area contributed by atoms with Crippen LogP contribution in [0, 0.1) is 0 Å². The lowest BCUT2D eigenvalue weighted by Crippen LogP contribution is -2.56. The molecule has 0 aliphatic carbocycles. The van der Waals surface area contributed by atoms with Crippen molar-refractivity contribution in [2.75, 3.05) is 11.5 Å². The van der Waals surface area contributed by atoms with Crippen LogP contribution in [0.1, 0.15) is 16.7 Å². The van der Waals surface area contributed by atoms with E-state index < -0.39 is 110 Å². The van der Waals surface area contributed by atoms with Crippen molar-refractivity contribution in [3.63, 3.8) is 0 Å². The number of anilines is 2. The van der Waals surface area contributed by atoms with Gasteiger partial charge in [0.25, 0.3) is 16.8 Å². The molecule has 258 valence electrons. The van der Waals surface area contributed by atoms with Crippen molar-refractivity contribution in [2.24, 2.45) is 0 Å². The van der Waals surface area contributed by atoms with Crippen LogP contribution in [0.3, 0.4) is 0 Å². The third-order valence-electron chi connectivity index (χ3n) is 6.95. The van der Waals surface area contributed by atoms with Gasteiger partial charge in [-0.3, -0.25) is 0 Å². The standard InChI is InChI=1S/C23H12F18N2O3/c24-18(25,26)15(44,19(27,28)29)10-1-2-12(42)9-5-7-6(3-8(9)10)4-11(16(45,20(30,31)32)21(33,34)35)14(43)13(7)17(46,22(36,37)38)23(39,40)41/h1-5,44-46H,42-43H2.